The summed E-state index contributed by atoms with van der Waals surface area (Å²) in [6, 6.07) is 14.9. The van der Waals surface area contributed by atoms with E-state index in [1.807, 2.05) is 36.4 Å². The fourth-order valence-corrected chi connectivity index (χ4v) is 2.66. The van der Waals surface area contributed by atoms with Crippen molar-refractivity contribution in [2.24, 2.45) is 0 Å². The van der Waals surface area contributed by atoms with Crippen molar-refractivity contribution in [2.75, 3.05) is 18.0 Å². The number of amides is 2. The molecule has 0 radical (unpaired) electrons. The lowest BCUT2D eigenvalue weighted by atomic mass is 10.3. The second kappa shape index (κ2) is 6.28. The number of anilines is 1. The van der Waals surface area contributed by atoms with E-state index in [-0.39, 0.29) is 6.03 Å². The highest BCUT2D eigenvalue weighted by atomic mass is 35.5. The van der Waals surface area contributed by atoms with Gasteiger partial charge in [-0.1, -0.05) is 11.6 Å². The number of hydrogen-bond donors (Lipinski definition) is 1. The fraction of sp³-hybridized carbons (Fsp3) is 0.133. The van der Waals surface area contributed by atoms with Gasteiger partial charge in [-0.3, -0.25) is 4.90 Å². The highest BCUT2D eigenvalue weighted by molar-refractivity contribution is 7.95. The minimum atomic E-state index is -0.0483. The number of nitrogens with zero attached hydrogens (tertiary/aromatic N) is 1. The van der Waals surface area contributed by atoms with Gasteiger partial charge in [0.15, 0.2) is 0 Å². The molecule has 1 heterocycles. The lowest BCUT2D eigenvalue weighted by Crippen LogP contribution is -2.27. The Morgan fingerprint density at radius 3 is 2.43 bits per heavy atom. The van der Waals surface area contributed by atoms with Gasteiger partial charge in [-0.15, -0.1) is 0 Å². The number of carbonyl (C=O) groups excluding carboxylic acids is 1. The number of nitrogens with one attached hydrogen (secondary N) is 1. The van der Waals surface area contributed by atoms with Gasteiger partial charge in [-0.05, 0) is 48.5 Å². The summed E-state index contributed by atoms with van der Waals surface area (Å²) in [7, 11) is 0. The zero-order chi connectivity index (χ0) is 14.7. The van der Waals surface area contributed by atoms with Gasteiger partial charge in [0.05, 0.1) is 12.0 Å². The van der Waals surface area contributed by atoms with Crippen LogP contribution in [0, 0.1) is 0 Å². The SMILES string of the molecule is O=C1NCCN1c1ccc(SOc2ccc(Cl)cc2)cc1. The first-order chi connectivity index (χ1) is 10.2. The van der Waals surface area contributed by atoms with E-state index >= 15 is 0 Å². The van der Waals surface area contributed by atoms with E-state index in [1.54, 1.807) is 17.0 Å². The molecule has 0 saturated carbocycles. The third-order valence-corrected chi connectivity index (χ3v) is 4.05. The van der Waals surface area contributed by atoms with Gasteiger partial charge in [-0.25, -0.2) is 4.79 Å². The van der Waals surface area contributed by atoms with Crippen molar-refractivity contribution in [1.82, 2.24) is 5.32 Å². The van der Waals surface area contributed by atoms with E-state index in [0.29, 0.717) is 18.1 Å². The summed E-state index contributed by atoms with van der Waals surface area (Å²) in [6.07, 6.45) is 0. The maximum atomic E-state index is 11.6. The standard InChI is InChI=1S/C15H13ClN2O2S/c16-11-1-5-13(6-2-11)20-21-14-7-3-12(4-8-14)18-10-9-17-15(18)19/h1-8H,9-10H2,(H,17,19). The minimum Gasteiger partial charge on any atom is -0.421 e. The van der Waals surface area contributed by atoms with E-state index in [9.17, 15) is 4.79 Å². The molecule has 1 aliphatic heterocycles. The Morgan fingerprint density at radius 2 is 1.81 bits per heavy atom. The smallest absolute Gasteiger partial charge is 0.321 e. The predicted octanol–water partition coefficient (Wildman–Crippen LogP) is 3.96. The van der Waals surface area contributed by atoms with Crippen LogP contribution in [0.4, 0.5) is 10.5 Å². The van der Waals surface area contributed by atoms with Gasteiger partial charge in [0.1, 0.15) is 5.75 Å². The quantitative estimate of drug-likeness (QED) is 0.867. The Hall–Kier alpha value is -1.85. The number of urea groups is 1. The second-order valence-electron chi connectivity index (χ2n) is 4.50. The number of hydrogen-bond acceptors (Lipinski definition) is 3. The van der Waals surface area contributed by atoms with Gasteiger partial charge in [-0.2, -0.15) is 0 Å². The highest BCUT2D eigenvalue weighted by Gasteiger charge is 2.20. The van der Waals surface area contributed by atoms with Crippen molar-refractivity contribution in [3.63, 3.8) is 0 Å². The molecule has 1 N–H and O–H groups in total. The second-order valence-corrected chi connectivity index (χ2v) is 5.74. The molecule has 6 heteroatoms. The van der Waals surface area contributed by atoms with Gasteiger partial charge < -0.3 is 9.50 Å². The summed E-state index contributed by atoms with van der Waals surface area (Å²) in [5.74, 6) is 0.743. The molecule has 4 nitrogen and oxygen atoms in total. The van der Waals surface area contributed by atoms with E-state index in [1.165, 1.54) is 12.0 Å². The van der Waals surface area contributed by atoms with Crippen LogP contribution in [-0.2, 0) is 0 Å². The number of rotatable bonds is 4. The average molecular weight is 321 g/mol. The molecular weight excluding hydrogens is 308 g/mol. The molecule has 3 rings (SSSR count). The lowest BCUT2D eigenvalue weighted by molar-refractivity contribution is 0.252. The third-order valence-electron chi connectivity index (χ3n) is 3.05. The van der Waals surface area contributed by atoms with Crippen LogP contribution in [-0.4, -0.2) is 19.1 Å². The molecule has 0 bridgehead atoms. The average Bonchev–Trinajstić information content (AvgIpc) is 2.93. The minimum absolute atomic E-state index is 0.0483. The van der Waals surface area contributed by atoms with Crippen molar-refractivity contribution >= 4 is 35.4 Å². The fourth-order valence-electron chi connectivity index (χ4n) is 1.99. The van der Waals surface area contributed by atoms with Crippen molar-refractivity contribution in [2.45, 2.75) is 4.90 Å². The van der Waals surface area contributed by atoms with Crippen LogP contribution in [0.2, 0.25) is 5.02 Å². The molecule has 0 aromatic heterocycles. The van der Waals surface area contributed by atoms with Crippen molar-refractivity contribution in [3.8, 4) is 5.75 Å². The molecule has 1 fully saturated rings. The molecular formula is C15H13ClN2O2S. The molecule has 108 valence electrons. The van der Waals surface area contributed by atoms with Gasteiger partial charge >= 0.3 is 6.03 Å². The van der Waals surface area contributed by atoms with Crippen LogP contribution in [0.5, 0.6) is 5.75 Å². The molecule has 2 aromatic carbocycles. The van der Waals surface area contributed by atoms with Crippen LogP contribution < -0.4 is 14.4 Å². The van der Waals surface area contributed by atoms with E-state index in [2.05, 4.69) is 5.32 Å². The van der Waals surface area contributed by atoms with Crippen molar-refractivity contribution in [1.29, 1.82) is 0 Å². The van der Waals surface area contributed by atoms with E-state index in [4.69, 9.17) is 15.8 Å². The van der Waals surface area contributed by atoms with E-state index in [0.717, 1.165) is 16.3 Å². The predicted molar refractivity (Wildman–Crippen MR) is 85.1 cm³/mol. The van der Waals surface area contributed by atoms with Gasteiger partial charge in [0.25, 0.3) is 0 Å². The maximum Gasteiger partial charge on any atom is 0.321 e. The molecule has 0 aliphatic carbocycles. The maximum absolute atomic E-state index is 11.6. The van der Waals surface area contributed by atoms with Crippen LogP contribution in [0.15, 0.2) is 53.4 Å². The Bertz CT molecular complexity index is 631. The first-order valence-electron chi connectivity index (χ1n) is 6.48. The summed E-state index contributed by atoms with van der Waals surface area (Å²) in [5.41, 5.74) is 0.890. The Labute approximate surface area is 132 Å². The third kappa shape index (κ3) is 3.43. The summed E-state index contributed by atoms with van der Waals surface area (Å²) < 4.78 is 5.60. The van der Waals surface area contributed by atoms with Crippen molar-refractivity contribution < 1.29 is 8.98 Å². The summed E-state index contributed by atoms with van der Waals surface area (Å²) in [4.78, 5) is 14.3. The molecule has 1 aliphatic rings. The molecule has 0 atom stereocenters. The summed E-state index contributed by atoms with van der Waals surface area (Å²) in [5, 5.41) is 3.46. The monoisotopic (exact) mass is 320 g/mol. The number of halogens is 1. The van der Waals surface area contributed by atoms with E-state index < -0.39 is 0 Å². The first-order valence-corrected chi connectivity index (χ1v) is 7.60. The zero-order valence-electron chi connectivity index (χ0n) is 11.1. The topological polar surface area (TPSA) is 41.6 Å². The normalized spacial score (nSPS) is 14.1. The Kier molecular flexibility index (Phi) is 4.22. The van der Waals surface area contributed by atoms with Crippen LogP contribution in [0.1, 0.15) is 0 Å². The largest absolute Gasteiger partial charge is 0.421 e. The van der Waals surface area contributed by atoms with Crippen LogP contribution >= 0.6 is 23.6 Å². The molecule has 0 unspecified atom stereocenters. The van der Waals surface area contributed by atoms with Crippen LogP contribution in [0.25, 0.3) is 0 Å². The summed E-state index contributed by atoms with van der Waals surface area (Å²) in [6.45, 7) is 1.39. The number of benzene rings is 2. The zero-order valence-corrected chi connectivity index (χ0v) is 12.7. The highest BCUT2D eigenvalue weighted by Crippen LogP contribution is 2.27. The molecule has 2 amide bonds. The Morgan fingerprint density at radius 1 is 1.10 bits per heavy atom. The first kappa shape index (κ1) is 14.1. The number of carbonyl (C=O) groups is 1. The molecule has 2 aromatic rings. The molecule has 0 spiro atoms. The van der Waals surface area contributed by atoms with Crippen LogP contribution in [0.3, 0.4) is 0 Å². The van der Waals surface area contributed by atoms with Gasteiger partial charge in [0.2, 0.25) is 0 Å². The van der Waals surface area contributed by atoms with Gasteiger partial charge in [0, 0.05) is 28.7 Å². The lowest BCUT2D eigenvalue weighted by Gasteiger charge is -2.14. The molecule has 1 saturated heterocycles. The Balaban J connectivity index is 1.62. The van der Waals surface area contributed by atoms with Crippen molar-refractivity contribution in [3.05, 3.63) is 53.6 Å². The molecule has 21 heavy (non-hydrogen) atoms. The summed E-state index contributed by atoms with van der Waals surface area (Å²) >= 11 is 7.09.